The van der Waals surface area contributed by atoms with Gasteiger partial charge in [0.25, 0.3) is 0 Å². The van der Waals surface area contributed by atoms with Gasteiger partial charge in [0.15, 0.2) is 0 Å². The van der Waals surface area contributed by atoms with Crippen molar-refractivity contribution in [2.24, 2.45) is 0 Å². The third-order valence-corrected chi connectivity index (χ3v) is 6.87. The standard InChI is InChI=1S/C31H47N9O2/c1-7-17-32-29-25(12-8-9-18-33-30(42)24(3)39(6)28(41)15-11-19-38(4)5)22-34-31(36-29)35-26-13-10-14-27(21-26)40-20-16-23(2)37-40/h10-11,13-16,20-24,37H,7-9,12,17-19H2,1-6H3,(H,33,42)(H2,32,34,35,36)/b15-11+/t23?,24-/m0/s1. The molecule has 0 bridgehead atoms. The summed E-state index contributed by atoms with van der Waals surface area (Å²) < 4.78 is 0. The molecule has 1 aliphatic rings. The molecule has 1 aromatic heterocycles. The van der Waals surface area contributed by atoms with E-state index in [-0.39, 0.29) is 11.8 Å². The minimum Gasteiger partial charge on any atom is -0.370 e. The molecule has 0 spiro atoms. The number of likely N-dealkylation sites (N-methyl/N-ethyl adjacent to an activating group) is 2. The molecule has 0 fully saturated rings. The first-order valence-electron chi connectivity index (χ1n) is 14.7. The molecule has 0 saturated heterocycles. The molecule has 2 amide bonds. The Kier molecular flexibility index (Phi) is 12.8. The average Bonchev–Trinajstić information content (AvgIpc) is 3.41. The molecule has 11 nitrogen and oxygen atoms in total. The summed E-state index contributed by atoms with van der Waals surface area (Å²) in [5, 5.41) is 11.7. The van der Waals surface area contributed by atoms with Crippen LogP contribution >= 0.6 is 0 Å². The highest BCUT2D eigenvalue weighted by Crippen LogP contribution is 2.24. The number of aryl methyl sites for hydroxylation is 1. The second-order valence-corrected chi connectivity index (χ2v) is 10.8. The van der Waals surface area contributed by atoms with Crippen LogP contribution in [0.1, 0.15) is 45.6 Å². The van der Waals surface area contributed by atoms with Crippen molar-refractivity contribution in [2.45, 2.75) is 58.5 Å². The van der Waals surface area contributed by atoms with Crippen molar-refractivity contribution in [1.29, 1.82) is 0 Å². The van der Waals surface area contributed by atoms with Crippen molar-refractivity contribution in [3.63, 3.8) is 0 Å². The molecular weight excluding hydrogens is 530 g/mol. The Morgan fingerprint density at radius 3 is 2.71 bits per heavy atom. The molecule has 11 heteroatoms. The molecule has 228 valence electrons. The lowest BCUT2D eigenvalue weighted by Gasteiger charge is -2.23. The summed E-state index contributed by atoms with van der Waals surface area (Å²) >= 11 is 0. The Hall–Kier alpha value is -3.96. The predicted octanol–water partition coefficient (Wildman–Crippen LogP) is 3.67. The van der Waals surface area contributed by atoms with E-state index in [1.54, 1.807) is 20.0 Å². The van der Waals surface area contributed by atoms with Crippen LogP contribution in [0, 0.1) is 0 Å². The molecule has 3 rings (SSSR count). The Morgan fingerprint density at radius 2 is 2.00 bits per heavy atom. The highest BCUT2D eigenvalue weighted by Gasteiger charge is 2.20. The second kappa shape index (κ2) is 16.5. The highest BCUT2D eigenvalue weighted by atomic mass is 16.2. The van der Waals surface area contributed by atoms with E-state index in [4.69, 9.17) is 4.98 Å². The van der Waals surface area contributed by atoms with Gasteiger partial charge >= 0.3 is 0 Å². The predicted molar refractivity (Wildman–Crippen MR) is 171 cm³/mol. The van der Waals surface area contributed by atoms with E-state index in [0.717, 1.165) is 55.0 Å². The number of hydrogen-bond acceptors (Lipinski definition) is 9. The minimum absolute atomic E-state index is 0.161. The zero-order valence-electron chi connectivity index (χ0n) is 25.9. The van der Waals surface area contributed by atoms with Gasteiger partial charge in [-0.1, -0.05) is 19.1 Å². The van der Waals surface area contributed by atoms with Gasteiger partial charge in [-0.3, -0.25) is 14.6 Å². The van der Waals surface area contributed by atoms with E-state index < -0.39 is 6.04 Å². The number of benzene rings is 1. The molecule has 42 heavy (non-hydrogen) atoms. The van der Waals surface area contributed by atoms with E-state index in [1.807, 2.05) is 54.6 Å². The highest BCUT2D eigenvalue weighted by molar-refractivity contribution is 5.92. The van der Waals surface area contributed by atoms with Crippen molar-refractivity contribution in [2.75, 3.05) is 56.4 Å². The fourth-order valence-electron chi connectivity index (χ4n) is 4.24. The number of anilines is 4. The van der Waals surface area contributed by atoms with Gasteiger partial charge in [0.05, 0.1) is 5.69 Å². The topological polar surface area (TPSA) is 118 Å². The van der Waals surface area contributed by atoms with E-state index in [0.29, 0.717) is 25.1 Å². The number of nitrogens with zero attached hydrogens (tertiary/aromatic N) is 5. The molecule has 2 aromatic rings. The normalized spacial score (nSPS) is 15.3. The number of nitrogens with one attached hydrogen (secondary N) is 4. The number of hydrazine groups is 1. The molecule has 1 unspecified atom stereocenters. The van der Waals surface area contributed by atoms with Crippen molar-refractivity contribution < 1.29 is 9.59 Å². The van der Waals surface area contributed by atoms with Gasteiger partial charge in [0.1, 0.15) is 11.9 Å². The van der Waals surface area contributed by atoms with Crippen LogP contribution in [-0.4, -0.2) is 84.4 Å². The van der Waals surface area contributed by atoms with Gasteiger partial charge in [-0.2, -0.15) is 4.98 Å². The molecule has 4 N–H and O–H groups in total. The van der Waals surface area contributed by atoms with Crippen LogP contribution in [0.3, 0.4) is 0 Å². The summed E-state index contributed by atoms with van der Waals surface area (Å²) in [6, 6.07) is 7.84. The maximum Gasteiger partial charge on any atom is 0.246 e. The summed E-state index contributed by atoms with van der Waals surface area (Å²) in [4.78, 5) is 37.7. The summed E-state index contributed by atoms with van der Waals surface area (Å²) in [6.45, 7) is 7.98. The number of hydrogen-bond donors (Lipinski definition) is 4. The molecule has 2 heterocycles. The maximum absolute atomic E-state index is 12.6. The fourth-order valence-corrected chi connectivity index (χ4v) is 4.24. The Balaban J connectivity index is 1.50. The minimum atomic E-state index is -0.549. The molecule has 0 saturated carbocycles. The quantitative estimate of drug-likeness (QED) is 0.175. The zero-order valence-corrected chi connectivity index (χ0v) is 25.9. The monoisotopic (exact) mass is 577 g/mol. The van der Waals surface area contributed by atoms with Crippen LogP contribution in [0.5, 0.6) is 0 Å². The zero-order chi connectivity index (χ0) is 30.5. The van der Waals surface area contributed by atoms with Gasteiger partial charge in [-0.25, -0.2) is 10.4 Å². The van der Waals surface area contributed by atoms with Gasteiger partial charge in [0, 0.05) is 62.4 Å². The third-order valence-electron chi connectivity index (χ3n) is 6.87. The number of carbonyl (C=O) groups is 2. The van der Waals surface area contributed by atoms with Crippen LogP contribution in [0.25, 0.3) is 0 Å². The molecule has 2 atom stereocenters. The van der Waals surface area contributed by atoms with Crippen LogP contribution in [0.4, 0.5) is 23.1 Å². The van der Waals surface area contributed by atoms with E-state index in [2.05, 4.69) is 52.3 Å². The molecule has 0 radical (unpaired) electrons. The molecule has 1 aromatic carbocycles. The van der Waals surface area contributed by atoms with Crippen LogP contribution in [-0.2, 0) is 16.0 Å². The number of unbranched alkanes of at least 4 members (excludes halogenated alkanes) is 1. The van der Waals surface area contributed by atoms with Gasteiger partial charge in [-0.15, -0.1) is 0 Å². The van der Waals surface area contributed by atoms with Gasteiger partial charge in [0.2, 0.25) is 17.8 Å². The van der Waals surface area contributed by atoms with E-state index in [1.165, 1.54) is 11.0 Å². The second-order valence-electron chi connectivity index (χ2n) is 10.8. The lowest BCUT2D eigenvalue weighted by Crippen LogP contribution is -2.45. The van der Waals surface area contributed by atoms with Crippen LogP contribution < -0.4 is 26.4 Å². The smallest absolute Gasteiger partial charge is 0.246 e. The fraction of sp³-hybridized carbons (Fsp3) is 0.484. The van der Waals surface area contributed by atoms with E-state index in [9.17, 15) is 9.59 Å². The first-order valence-corrected chi connectivity index (χ1v) is 14.7. The molecule has 1 aliphatic heterocycles. The summed E-state index contributed by atoms with van der Waals surface area (Å²) in [5.41, 5.74) is 6.34. The number of carbonyl (C=O) groups excluding carboxylic acids is 2. The Labute approximate surface area is 250 Å². The summed E-state index contributed by atoms with van der Waals surface area (Å²) in [5.74, 6) is 1.01. The first-order chi connectivity index (χ1) is 20.2. The Morgan fingerprint density at radius 1 is 1.19 bits per heavy atom. The van der Waals surface area contributed by atoms with Crippen molar-refractivity contribution in [1.82, 2.24) is 30.5 Å². The van der Waals surface area contributed by atoms with E-state index >= 15 is 0 Å². The van der Waals surface area contributed by atoms with Gasteiger partial charge in [-0.05, 0) is 77.9 Å². The summed E-state index contributed by atoms with van der Waals surface area (Å²) in [7, 11) is 5.52. The third kappa shape index (κ3) is 10.1. The molecule has 0 aliphatic carbocycles. The lowest BCUT2D eigenvalue weighted by atomic mass is 10.1. The average molecular weight is 578 g/mol. The maximum atomic E-state index is 12.6. The Bertz CT molecular complexity index is 1230. The van der Waals surface area contributed by atoms with Crippen LogP contribution in [0.15, 0.2) is 54.9 Å². The summed E-state index contributed by atoms with van der Waals surface area (Å²) in [6.07, 6.45) is 12.7. The molecular formula is C31H47N9O2. The van der Waals surface area contributed by atoms with Crippen molar-refractivity contribution >= 4 is 35.0 Å². The number of amides is 2. The van der Waals surface area contributed by atoms with Gasteiger partial charge < -0.3 is 25.8 Å². The lowest BCUT2D eigenvalue weighted by molar-refractivity contribution is -0.135. The number of aromatic nitrogens is 2. The van der Waals surface area contributed by atoms with Crippen molar-refractivity contribution in [3.8, 4) is 0 Å². The largest absolute Gasteiger partial charge is 0.370 e. The SMILES string of the molecule is CCCNc1nc(Nc2cccc(N3C=CC(C)N3)c2)ncc1CCCCNC(=O)[C@H](C)N(C)C(=O)/C=C/CN(C)C. The number of rotatable bonds is 16. The first kappa shape index (κ1) is 32.6. The van der Waals surface area contributed by atoms with Crippen LogP contribution in [0.2, 0.25) is 0 Å². The van der Waals surface area contributed by atoms with Crippen molar-refractivity contribution in [3.05, 3.63) is 60.5 Å².